The summed E-state index contributed by atoms with van der Waals surface area (Å²) in [7, 11) is 2.96. The van der Waals surface area contributed by atoms with Crippen LogP contribution in [0.5, 0.6) is 11.5 Å². The van der Waals surface area contributed by atoms with Gasteiger partial charge in [-0.25, -0.2) is 0 Å². The maximum atomic E-state index is 13.9. The molecule has 2 unspecified atom stereocenters. The SMILES string of the molecule is COc1cccc(CCNC(=O)C2(C(=O)NC(CCCN)OBOC(CCCN)NC(=O)C3(C(=O)NCCc4cccc(OC)c4)CCCC3)CCCC2)c1. The van der Waals surface area contributed by atoms with Gasteiger partial charge in [-0.3, -0.25) is 19.2 Å². The monoisotopic (exact) mass is 764 g/mol. The van der Waals surface area contributed by atoms with Crippen molar-refractivity contribution in [2.45, 2.75) is 102 Å². The smallest absolute Gasteiger partial charge is 0.441 e. The van der Waals surface area contributed by atoms with E-state index in [9.17, 15) is 19.2 Å². The van der Waals surface area contributed by atoms with Crippen LogP contribution in [-0.2, 0) is 41.3 Å². The fourth-order valence-corrected chi connectivity index (χ4v) is 7.48. The van der Waals surface area contributed by atoms with Crippen LogP contribution in [-0.4, -0.2) is 84.2 Å². The Morgan fingerprint density at radius 1 is 0.655 bits per heavy atom. The van der Waals surface area contributed by atoms with Crippen LogP contribution < -0.4 is 42.2 Å². The highest BCUT2D eigenvalue weighted by Crippen LogP contribution is 2.40. The van der Waals surface area contributed by atoms with Crippen LogP contribution in [0, 0.1) is 10.8 Å². The maximum absolute atomic E-state index is 13.9. The first-order valence-electron chi connectivity index (χ1n) is 19.8. The number of carbonyl (C=O) groups is 4. The van der Waals surface area contributed by atoms with Gasteiger partial charge in [-0.1, -0.05) is 49.9 Å². The van der Waals surface area contributed by atoms with Crippen LogP contribution in [0.25, 0.3) is 0 Å². The molecule has 0 radical (unpaired) electrons. The summed E-state index contributed by atoms with van der Waals surface area (Å²) in [5, 5.41) is 11.9. The number of hydrogen-bond acceptors (Lipinski definition) is 10. The highest BCUT2D eigenvalue weighted by atomic mass is 16.6. The number of hydrogen-bond donors (Lipinski definition) is 6. The molecule has 0 saturated heterocycles. The Balaban J connectivity index is 1.33. The Hall–Kier alpha value is -4.18. The number of rotatable bonds is 24. The molecule has 2 aliphatic rings. The fourth-order valence-electron chi connectivity index (χ4n) is 7.48. The van der Waals surface area contributed by atoms with Gasteiger partial charge in [-0.05, 0) is 113 Å². The van der Waals surface area contributed by atoms with E-state index in [4.69, 9.17) is 30.2 Å². The van der Waals surface area contributed by atoms with Crippen molar-refractivity contribution in [1.29, 1.82) is 0 Å². The van der Waals surface area contributed by atoms with Crippen LogP contribution in [0.2, 0.25) is 0 Å². The maximum Gasteiger partial charge on any atom is 0.441 e. The molecule has 2 saturated carbocycles. The number of nitrogens with one attached hydrogen (secondary N) is 4. The van der Waals surface area contributed by atoms with Crippen molar-refractivity contribution in [2.75, 3.05) is 40.4 Å². The largest absolute Gasteiger partial charge is 0.497 e. The van der Waals surface area contributed by atoms with E-state index in [2.05, 4.69) is 21.3 Å². The van der Waals surface area contributed by atoms with Crippen molar-refractivity contribution in [2.24, 2.45) is 22.3 Å². The highest BCUT2D eigenvalue weighted by Gasteiger charge is 2.49. The first-order chi connectivity index (χ1) is 26.7. The third-order valence-electron chi connectivity index (χ3n) is 10.8. The van der Waals surface area contributed by atoms with Gasteiger partial charge in [-0.2, -0.15) is 0 Å². The Morgan fingerprint density at radius 2 is 1.05 bits per heavy atom. The van der Waals surface area contributed by atoms with Crippen molar-refractivity contribution in [3.8, 4) is 11.5 Å². The van der Waals surface area contributed by atoms with Gasteiger partial charge in [0.05, 0.1) is 14.2 Å². The fraction of sp³-hybridized carbons (Fsp3) is 0.600. The van der Waals surface area contributed by atoms with Crippen molar-refractivity contribution in [1.82, 2.24) is 21.3 Å². The standard InChI is InChI=1S/C40H61BN6O8/c1-52-31-13-7-11-29(27-31)17-25-44-35(48)39(19-3-4-20-39)37(50)46-33(15-9-23-42)54-41-55-34(16-10-24-43)47-38(51)40(21-5-6-22-40)36(49)45-26-18-30-12-8-14-32(28-30)53-2/h7-8,11-14,27-28,33-34,41H,3-6,9-10,15-26,42-43H2,1-2H3,(H,44,48)(H,45,49)(H,46,50)(H,47,51). The molecular formula is C40H61BN6O8. The molecule has 4 rings (SSSR count). The molecule has 0 spiro atoms. The Labute approximate surface area is 326 Å². The second-order valence-corrected chi connectivity index (χ2v) is 14.5. The number of ether oxygens (including phenoxy) is 2. The zero-order chi connectivity index (χ0) is 39.5. The van der Waals surface area contributed by atoms with Crippen LogP contribution >= 0.6 is 0 Å². The van der Waals surface area contributed by atoms with Gasteiger partial charge in [-0.15, -0.1) is 0 Å². The molecule has 4 amide bonds. The second-order valence-electron chi connectivity index (χ2n) is 14.5. The highest BCUT2D eigenvalue weighted by molar-refractivity contribution is 6.18. The molecule has 8 N–H and O–H groups in total. The summed E-state index contributed by atoms with van der Waals surface area (Å²) < 4.78 is 22.7. The minimum absolute atomic E-state index is 0.259. The minimum Gasteiger partial charge on any atom is -0.497 e. The van der Waals surface area contributed by atoms with Gasteiger partial charge >= 0.3 is 7.69 Å². The quantitative estimate of drug-likeness (QED) is 0.0524. The summed E-state index contributed by atoms with van der Waals surface area (Å²) in [6, 6.07) is 15.3. The lowest BCUT2D eigenvalue weighted by atomic mass is 9.83. The lowest BCUT2D eigenvalue weighted by molar-refractivity contribution is -0.146. The van der Waals surface area contributed by atoms with E-state index in [1.165, 1.54) is 0 Å². The molecule has 2 fully saturated rings. The van der Waals surface area contributed by atoms with E-state index in [-0.39, 0.29) is 31.3 Å². The lowest BCUT2D eigenvalue weighted by Gasteiger charge is -2.31. The van der Waals surface area contributed by atoms with E-state index >= 15 is 0 Å². The van der Waals surface area contributed by atoms with E-state index in [0.29, 0.717) is 90.4 Å². The summed E-state index contributed by atoms with van der Waals surface area (Å²) in [5.41, 5.74) is 11.2. The second kappa shape index (κ2) is 22.4. The number of nitrogens with two attached hydrogens (primary N) is 2. The molecule has 15 heteroatoms. The molecular weight excluding hydrogens is 703 g/mol. The molecule has 2 aliphatic carbocycles. The Bertz CT molecular complexity index is 1420. The predicted octanol–water partition coefficient (Wildman–Crippen LogP) is 2.50. The summed E-state index contributed by atoms with van der Waals surface area (Å²) in [5.74, 6) is 0.115. The van der Waals surface area contributed by atoms with Crippen molar-refractivity contribution >= 4 is 31.3 Å². The topological polar surface area (TPSA) is 205 Å². The van der Waals surface area contributed by atoms with Gasteiger partial charge < -0.3 is 51.5 Å². The number of benzene rings is 2. The van der Waals surface area contributed by atoms with E-state index in [1.807, 2.05) is 48.5 Å². The van der Waals surface area contributed by atoms with Gasteiger partial charge in [0.2, 0.25) is 23.6 Å². The number of carbonyl (C=O) groups excluding carboxylic acids is 4. The molecule has 14 nitrogen and oxygen atoms in total. The zero-order valence-electron chi connectivity index (χ0n) is 32.6. The zero-order valence-corrected chi connectivity index (χ0v) is 32.6. The van der Waals surface area contributed by atoms with Gasteiger partial charge in [0.25, 0.3) is 0 Å². The third kappa shape index (κ3) is 12.4. The van der Waals surface area contributed by atoms with E-state index in [1.54, 1.807) is 14.2 Å². The molecule has 0 heterocycles. The summed E-state index contributed by atoms with van der Waals surface area (Å²) in [4.78, 5) is 54.9. The Kier molecular flexibility index (Phi) is 17.7. The molecule has 55 heavy (non-hydrogen) atoms. The molecule has 0 bridgehead atoms. The van der Waals surface area contributed by atoms with Crippen molar-refractivity contribution < 1.29 is 38.0 Å². The molecule has 2 aromatic rings. The van der Waals surface area contributed by atoms with Gasteiger partial charge in [0.15, 0.2) is 0 Å². The van der Waals surface area contributed by atoms with Gasteiger partial charge in [0.1, 0.15) is 34.8 Å². The molecule has 0 aliphatic heterocycles. The number of methoxy groups -OCH3 is 2. The van der Waals surface area contributed by atoms with Gasteiger partial charge in [0, 0.05) is 13.1 Å². The third-order valence-corrected chi connectivity index (χ3v) is 10.8. The molecule has 302 valence electrons. The molecule has 0 aromatic heterocycles. The average molecular weight is 765 g/mol. The summed E-state index contributed by atoms with van der Waals surface area (Å²) in [6.45, 7) is 1.52. The molecule has 2 aromatic carbocycles. The minimum atomic E-state index is -1.21. The van der Waals surface area contributed by atoms with Crippen molar-refractivity contribution in [3.63, 3.8) is 0 Å². The van der Waals surface area contributed by atoms with Crippen LogP contribution in [0.3, 0.4) is 0 Å². The van der Waals surface area contributed by atoms with Crippen LogP contribution in [0.1, 0.15) is 88.2 Å². The first-order valence-corrected chi connectivity index (χ1v) is 19.8. The Morgan fingerprint density at radius 3 is 1.42 bits per heavy atom. The average Bonchev–Trinajstić information content (AvgIpc) is 3.92. The van der Waals surface area contributed by atoms with Crippen LogP contribution in [0.15, 0.2) is 48.5 Å². The normalized spacial score (nSPS) is 16.7. The van der Waals surface area contributed by atoms with Crippen LogP contribution in [0.4, 0.5) is 0 Å². The first kappa shape index (κ1) is 43.6. The predicted molar refractivity (Wildman–Crippen MR) is 211 cm³/mol. The summed E-state index contributed by atoms with van der Waals surface area (Å²) in [6.07, 6.45) is 6.36. The van der Waals surface area contributed by atoms with Crippen molar-refractivity contribution in [3.05, 3.63) is 59.7 Å². The molecule has 2 atom stereocenters. The lowest BCUT2D eigenvalue weighted by Crippen LogP contribution is -2.54. The summed E-state index contributed by atoms with van der Waals surface area (Å²) >= 11 is 0. The van der Waals surface area contributed by atoms with E-state index < -0.39 is 23.3 Å². The van der Waals surface area contributed by atoms with E-state index in [0.717, 1.165) is 48.3 Å². The number of amides is 4.